The van der Waals surface area contributed by atoms with Crippen LogP contribution in [0.5, 0.6) is 0 Å². The first-order valence-electron chi connectivity index (χ1n) is 6.13. The third-order valence-corrected chi connectivity index (χ3v) is 3.16. The van der Waals surface area contributed by atoms with E-state index in [0.717, 1.165) is 5.57 Å². The Morgan fingerprint density at radius 1 is 1.44 bits per heavy atom. The van der Waals surface area contributed by atoms with Crippen LogP contribution in [0.15, 0.2) is 11.8 Å². The molecule has 0 unspecified atom stereocenters. The maximum absolute atomic E-state index is 9.68. The molecule has 0 spiro atoms. The Balaban J connectivity index is 2.53. The summed E-state index contributed by atoms with van der Waals surface area (Å²) in [6.45, 7) is -0.323. The van der Waals surface area contributed by atoms with E-state index >= 15 is 0 Å². The van der Waals surface area contributed by atoms with Crippen LogP contribution in [0.4, 0.5) is 0 Å². The van der Waals surface area contributed by atoms with Crippen LogP contribution in [-0.4, -0.2) is 52.6 Å². The lowest BCUT2D eigenvalue weighted by Crippen LogP contribution is -2.49. The molecular weight excluding hydrogens is 236 g/mol. The highest BCUT2D eigenvalue weighted by Crippen LogP contribution is 2.25. The molecular formula is C12H22N2O4. The number of aliphatic hydroxyl groups excluding tert-OH is 3. The number of rotatable bonds is 6. The normalized spacial score (nSPS) is 33.4. The van der Waals surface area contributed by atoms with E-state index in [1.165, 1.54) is 12.4 Å². The highest BCUT2D eigenvalue weighted by molar-refractivity contribution is 5.53. The van der Waals surface area contributed by atoms with Crippen molar-refractivity contribution in [1.82, 2.24) is 0 Å². The molecule has 6 nitrogen and oxygen atoms in total. The zero-order chi connectivity index (χ0) is 13.5. The summed E-state index contributed by atoms with van der Waals surface area (Å²) < 4.78 is 5.52. The van der Waals surface area contributed by atoms with Gasteiger partial charge in [-0.3, -0.25) is 0 Å². The van der Waals surface area contributed by atoms with Gasteiger partial charge in [0.25, 0.3) is 0 Å². The Morgan fingerprint density at radius 3 is 2.72 bits per heavy atom. The van der Waals surface area contributed by atoms with Crippen molar-refractivity contribution in [1.29, 1.82) is 5.41 Å². The molecule has 0 bridgehead atoms. The summed E-state index contributed by atoms with van der Waals surface area (Å²) in [4.78, 5) is 0. The van der Waals surface area contributed by atoms with E-state index in [4.69, 9.17) is 21.0 Å². The molecule has 1 heterocycles. The van der Waals surface area contributed by atoms with Gasteiger partial charge in [-0.05, 0) is 31.7 Å². The number of nitrogens with one attached hydrogen (secondary N) is 1. The number of hydrogen-bond donors (Lipinski definition) is 5. The predicted molar refractivity (Wildman–Crippen MR) is 67.3 cm³/mol. The minimum Gasteiger partial charge on any atom is -0.405 e. The smallest absolute Gasteiger partial charge is 0.109 e. The van der Waals surface area contributed by atoms with Crippen molar-refractivity contribution in [2.75, 3.05) is 6.61 Å². The van der Waals surface area contributed by atoms with Gasteiger partial charge in [0.1, 0.15) is 12.2 Å². The zero-order valence-electron chi connectivity index (χ0n) is 10.3. The maximum Gasteiger partial charge on any atom is 0.109 e. The molecule has 1 saturated heterocycles. The Morgan fingerprint density at radius 2 is 2.17 bits per heavy atom. The van der Waals surface area contributed by atoms with E-state index in [2.05, 4.69) is 0 Å². The average Bonchev–Trinajstić information content (AvgIpc) is 2.38. The molecule has 6 N–H and O–H groups in total. The minimum absolute atomic E-state index is 0.263. The van der Waals surface area contributed by atoms with Crippen LogP contribution >= 0.6 is 0 Å². The summed E-state index contributed by atoms with van der Waals surface area (Å²) in [6.07, 6.45) is 2.04. The molecule has 4 atom stereocenters. The fourth-order valence-electron chi connectivity index (χ4n) is 2.13. The van der Waals surface area contributed by atoms with Gasteiger partial charge in [-0.15, -0.1) is 0 Å². The molecule has 0 saturated carbocycles. The first-order chi connectivity index (χ1) is 8.62. The van der Waals surface area contributed by atoms with Crippen LogP contribution in [0.25, 0.3) is 0 Å². The lowest BCUT2D eigenvalue weighted by atomic mass is 9.93. The largest absolute Gasteiger partial charge is 0.405 e. The highest BCUT2D eigenvalue weighted by Gasteiger charge is 2.36. The van der Waals surface area contributed by atoms with Gasteiger partial charge in [-0.1, -0.05) is 5.57 Å². The molecule has 0 aromatic rings. The Kier molecular flexibility index (Phi) is 6.28. The van der Waals surface area contributed by atoms with E-state index in [0.29, 0.717) is 25.7 Å². The van der Waals surface area contributed by atoms with Crippen LogP contribution in [0.1, 0.15) is 25.7 Å². The first kappa shape index (κ1) is 15.1. The van der Waals surface area contributed by atoms with E-state index in [-0.39, 0.29) is 12.7 Å². The summed E-state index contributed by atoms with van der Waals surface area (Å²) in [7, 11) is 0. The summed E-state index contributed by atoms with van der Waals surface area (Å²) >= 11 is 0. The fraction of sp³-hybridized carbons (Fsp3) is 0.750. The lowest BCUT2D eigenvalue weighted by molar-refractivity contribution is -0.178. The Bertz CT molecular complexity index is 296. The Hall–Kier alpha value is -0.950. The first-order valence-corrected chi connectivity index (χ1v) is 6.13. The van der Waals surface area contributed by atoms with Crippen molar-refractivity contribution in [2.24, 2.45) is 5.73 Å². The van der Waals surface area contributed by atoms with Crippen LogP contribution in [0.2, 0.25) is 0 Å². The van der Waals surface area contributed by atoms with Gasteiger partial charge in [0.2, 0.25) is 0 Å². The van der Waals surface area contributed by atoms with Gasteiger partial charge >= 0.3 is 0 Å². The second-order valence-electron chi connectivity index (χ2n) is 4.54. The fourth-order valence-corrected chi connectivity index (χ4v) is 2.13. The van der Waals surface area contributed by atoms with Crippen LogP contribution in [-0.2, 0) is 4.74 Å². The van der Waals surface area contributed by atoms with Crippen LogP contribution in [0, 0.1) is 5.41 Å². The number of aliphatic hydroxyl groups is 3. The van der Waals surface area contributed by atoms with Crippen LogP contribution < -0.4 is 5.73 Å². The zero-order valence-corrected chi connectivity index (χ0v) is 10.3. The van der Waals surface area contributed by atoms with Gasteiger partial charge in [-0.25, -0.2) is 0 Å². The predicted octanol–water partition coefficient (Wildman–Crippen LogP) is -0.480. The molecule has 1 rings (SSSR count). The molecule has 18 heavy (non-hydrogen) atoms. The molecule has 1 aliphatic rings. The van der Waals surface area contributed by atoms with Gasteiger partial charge in [0.15, 0.2) is 0 Å². The number of nitrogens with two attached hydrogens (primary N) is 1. The molecule has 1 aliphatic heterocycles. The maximum atomic E-state index is 9.68. The minimum atomic E-state index is -1.04. The second-order valence-corrected chi connectivity index (χ2v) is 4.54. The summed E-state index contributed by atoms with van der Waals surface area (Å²) in [5, 5.41) is 35.3. The summed E-state index contributed by atoms with van der Waals surface area (Å²) in [5.74, 6) is 0. The molecule has 1 fully saturated rings. The molecule has 0 aliphatic carbocycles. The number of hydrogen-bond acceptors (Lipinski definition) is 6. The van der Waals surface area contributed by atoms with E-state index in [1.807, 2.05) is 0 Å². The molecule has 104 valence electrons. The highest BCUT2D eigenvalue weighted by atomic mass is 16.5. The lowest BCUT2D eigenvalue weighted by Gasteiger charge is -2.36. The van der Waals surface area contributed by atoms with E-state index in [9.17, 15) is 10.2 Å². The number of ether oxygens (including phenoxy) is 1. The van der Waals surface area contributed by atoms with Crippen molar-refractivity contribution in [3.05, 3.63) is 11.8 Å². The van der Waals surface area contributed by atoms with E-state index in [1.54, 1.807) is 0 Å². The van der Waals surface area contributed by atoms with Gasteiger partial charge in [0, 0.05) is 6.42 Å². The van der Waals surface area contributed by atoms with Crippen molar-refractivity contribution >= 4 is 6.21 Å². The van der Waals surface area contributed by atoms with Crippen molar-refractivity contribution in [3.8, 4) is 0 Å². The van der Waals surface area contributed by atoms with Crippen molar-refractivity contribution in [2.45, 2.75) is 50.1 Å². The molecule has 0 aromatic carbocycles. The summed E-state index contributed by atoms with van der Waals surface area (Å²) in [6, 6.07) is 0. The Labute approximate surface area is 107 Å². The van der Waals surface area contributed by atoms with Gasteiger partial charge in [-0.2, -0.15) is 0 Å². The molecule has 0 aromatic heterocycles. The average molecular weight is 258 g/mol. The third-order valence-electron chi connectivity index (χ3n) is 3.16. The van der Waals surface area contributed by atoms with Gasteiger partial charge < -0.3 is 31.2 Å². The van der Waals surface area contributed by atoms with E-state index < -0.39 is 18.3 Å². The van der Waals surface area contributed by atoms with Crippen LogP contribution in [0.3, 0.4) is 0 Å². The molecule has 0 radical (unpaired) electrons. The van der Waals surface area contributed by atoms with Gasteiger partial charge in [0.05, 0.1) is 18.8 Å². The standard InChI is InChI=1S/C12H22N2O4/c13-3-1-2-8(6-14)4-9-5-10(16)12(17)11(7-15)18-9/h3,6,9-13,15-17H,1-2,4-5,7,14H2/b8-6+,13-3?/t9-,10-,11-,12-/m1/s1. The molecule has 6 heteroatoms. The monoisotopic (exact) mass is 258 g/mol. The SMILES string of the molecule is N=CCC/C(=C\N)C[C@@H]1C[C@@H](O)[C@@H](O)[C@@H](CO)O1. The third kappa shape index (κ3) is 4.06. The topological polar surface area (TPSA) is 120 Å². The quantitative estimate of drug-likeness (QED) is 0.412. The molecule has 0 amide bonds. The summed E-state index contributed by atoms with van der Waals surface area (Å²) in [5.41, 5.74) is 6.45. The van der Waals surface area contributed by atoms with Crippen molar-refractivity contribution in [3.63, 3.8) is 0 Å². The van der Waals surface area contributed by atoms with Crippen molar-refractivity contribution < 1.29 is 20.1 Å². The second kappa shape index (κ2) is 7.48.